The van der Waals surface area contributed by atoms with Crippen LogP contribution in [0.15, 0.2) is 24.3 Å². The molecule has 8 nitrogen and oxygen atoms in total. The number of nitrogens with zero attached hydrogens (tertiary/aromatic N) is 2. The van der Waals surface area contributed by atoms with Gasteiger partial charge in [-0.15, -0.1) is 12.4 Å². The molecule has 2 heterocycles. The number of carbonyl (C=O) groups is 3. The van der Waals surface area contributed by atoms with Crippen LogP contribution in [0.3, 0.4) is 0 Å². The molecule has 0 saturated carbocycles. The second-order valence-electron chi connectivity index (χ2n) is 9.50. The van der Waals surface area contributed by atoms with Gasteiger partial charge in [0.1, 0.15) is 17.9 Å². The highest BCUT2D eigenvalue weighted by atomic mass is 35.5. The van der Waals surface area contributed by atoms with Gasteiger partial charge < -0.3 is 20.9 Å². The van der Waals surface area contributed by atoms with Crippen molar-refractivity contribution in [3.05, 3.63) is 35.6 Å². The van der Waals surface area contributed by atoms with Crippen LogP contribution in [0.5, 0.6) is 0 Å². The van der Waals surface area contributed by atoms with E-state index in [1.807, 2.05) is 0 Å². The fraction of sp³-hybridized carbons (Fsp3) is 0.625. The molecular weight excluding hydrogens is 499 g/mol. The molecule has 202 valence electrons. The molecule has 1 aromatic carbocycles. The summed E-state index contributed by atoms with van der Waals surface area (Å²) in [4.78, 5) is 42.2. The third kappa shape index (κ3) is 7.81. The van der Waals surface area contributed by atoms with Gasteiger partial charge in [-0.1, -0.05) is 12.1 Å². The number of nitrogens with one attached hydrogen (secondary N) is 3. The van der Waals surface area contributed by atoms with E-state index in [1.165, 1.54) is 21.9 Å². The summed E-state index contributed by atoms with van der Waals surface area (Å²) in [5.41, 5.74) is 0.718. The summed E-state index contributed by atoms with van der Waals surface area (Å²) in [7, 11) is 1.60. The van der Waals surface area contributed by atoms with Crippen molar-refractivity contribution in [1.82, 2.24) is 25.8 Å². The molecule has 3 rings (SSSR count). The molecule has 4 atom stereocenters. The summed E-state index contributed by atoms with van der Waals surface area (Å²) in [5.74, 6) is -4.54. The van der Waals surface area contributed by atoms with Crippen molar-refractivity contribution in [2.45, 2.75) is 69.7 Å². The van der Waals surface area contributed by atoms with Crippen LogP contribution in [-0.2, 0) is 20.9 Å². The van der Waals surface area contributed by atoms with E-state index in [4.69, 9.17) is 0 Å². The first-order valence-electron chi connectivity index (χ1n) is 11.9. The van der Waals surface area contributed by atoms with Crippen molar-refractivity contribution in [2.24, 2.45) is 0 Å². The Morgan fingerprint density at radius 3 is 2.44 bits per heavy atom. The number of fused-ring (bicyclic) bond motifs is 1. The first kappa shape index (κ1) is 29.9. The second kappa shape index (κ2) is 12.7. The van der Waals surface area contributed by atoms with Gasteiger partial charge in [-0.2, -0.15) is 0 Å². The van der Waals surface area contributed by atoms with E-state index in [0.717, 1.165) is 12.5 Å². The van der Waals surface area contributed by atoms with Crippen LogP contribution in [-0.4, -0.2) is 84.3 Å². The summed E-state index contributed by atoms with van der Waals surface area (Å²) >= 11 is 0. The third-order valence-corrected chi connectivity index (χ3v) is 6.60. The van der Waals surface area contributed by atoms with Gasteiger partial charge in [0.25, 0.3) is 5.92 Å². The van der Waals surface area contributed by atoms with Gasteiger partial charge in [-0.3, -0.25) is 19.3 Å². The molecule has 0 radical (unpaired) electrons. The van der Waals surface area contributed by atoms with Gasteiger partial charge in [0, 0.05) is 32.6 Å². The minimum absolute atomic E-state index is 0. The molecule has 12 heteroatoms. The highest BCUT2D eigenvalue weighted by molar-refractivity contribution is 5.94. The van der Waals surface area contributed by atoms with E-state index in [9.17, 15) is 27.6 Å². The van der Waals surface area contributed by atoms with Crippen LogP contribution < -0.4 is 16.0 Å². The normalized spacial score (nSPS) is 23.7. The van der Waals surface area contributed by atoms with E-state index in [1.54, 1.807) is 26.1 Å². The molecule has 0 spiro atoms. The van der Waals surface area contributed by atoms with Crippen molar-refractivity contribution in [3.63, 3.8) is 0 Å². The van der Waals surface area contributed by atoms with Crippen molar-refractivity contribution in [2.75, 3.05) is 26.7 Å². The number of benzene rings is 1. The van der Waals surface area contributed by atoms with Crippen LogP contribution >= 0.6 is 12.4 Å². The smallest absolute Gasteiger partial charge is 0.257 e. The SMILES string of the molecule is CN[C@@H](C)C(=O)N[C@H]1CN(CC(C)(F)F)CC[C@H]2CC[C@@H](C(=O)NCc3ccc(F)cc3)N2C1=O.Cl. The van der Waals surface area contributed by atoms with Gasteiger partial charge in [0.15, 0.2) is 0 Å². The van der Waals surface area contributed by atoms with Gasteiger partial charge in [0.2, 0.25) is 17.7 Å². The molecule has 2 fully saturated rings. The van der Waals surface area contributed by atoms with E-state index in [2.05, 4.69) is 16.0 Å². The molecule has 0 aliphatic carbocycles. The molecule has 3 amide bonds. The Morgan fingerprint density at radius 1 is 1.17 bits per heavy atom. The Bertz CT molecular complexity index is 915. The Kier molecular flexibility index (Phi) is 10.6. The monoisotopic (exact) mass is 533 g/mol. The zero-order valence-corrected chi connectivity index (χ0v) is 21.5. The maximum absolute atomic E-state index is 13.8. The fourth-order valence-electron chi connectivity index (χ4n) is 4.68. The Hall–Kier alpha value is -2.37. The number of hydrogen-bond donors (Lipinski definition) is 3. The van der Waals surface area contributed by atoms with Gasteiger partial charge in [0.05, 0.1) is 12.6 Å². The average Bonchev–Trinajstić information content (AvgIpc) is 3.22. The fourth-order valence-corrected chi connectivity index (χ4v) is 4.68. The Balaban J connectivity index is 0.00000456. The molecule has 2 aliphatic rings. The predicted octanol–water partition coefficient (Wildman–Crippen LogP) is 1.68. The highest BCUT2D eigenvalue weighted by Gasteiger charge is 2.45. The van der Waals surface area contributed by atoms with Crippen LogP contribution in [0.4, 0.5) is 13.2 Å². The lowest BCUT2D eigenvalue weighted by atomic mass is 10.1. The number of amides is 3. The lowest BCUT2D eigenvalue weighted by Crippen LogP contribution is -2.62. The summed E-state index contributed by atoms with van der Waals surface area (Å²) in [5, 5.41) is 8.30. The average molecular weight is 534 g/mol. The molecule has 0 unspecified atom stereocenters. The molecule has 2 aliphatic heterocycles. The maximum Gasteiger partial charge on any atom is 0.257 e. The predicted molar refractivity (Wildman–Crippen MR) is 131 cm³/mol. The van der Waals surface area contributed by atoms with E-state index < -0.39 is 42.4 Å². The summed E-state index contributed by atoms with van der Waals surface area (Å²) < 4.78 is 40.7. The molecule has 3 N–H and O–H groups in total. The number of halogens is 4. The van der Waals surface area contributed by atoms with Gasteiger partial charge >= 0.3 is 0 Å². The van der Waals surface area contributed by atoms with E-state index >= 15 is 0 Å². The number of carbonyl (C=O) groups excluding carboxylic acids is 3. The highest BCUT2D eigenvalue weighted by Crippen LogP contribution is 2.30. The van der Waals surface area contributed by atoms with Crippen LogP contribution in [0.2, 0.25) is 0 Å². The summed E-state index contributed by atoms with van der Waals surface area (Å²) in [6, 6.07) is 3.08. The summed E-state index contributed by atoms with van der Waals surface area (Å²) in [6.07, 6.45) is 1.45. The lowest BCUT2D eigenvalue weighted by Gasteiger charge is -2.39. The first-order valence-corrected chi connectivity index (χ1v) is 11.9. The van der Waals surface area contributed by atoms with Crippen molar-refractivity contribution in [3.8, 4) is 0 Å². The molecular formula is C24H35ClF3N5O3. The molecule has 0 bridgehead atoms. The largest absolute Gasteiger partial charge is 0.350 e. The van der Waals surface area contributed by atoms with Crippen molar-refractivity contribution < 1.29 is 27.6 Å². The zero-order chi connectivity index (χ0) is 25.8. The Morgan fingerprint density at radius 2 is 1.83 bits per heavy atom. The standard InChI is InChI=1S/C24H34F3N5O3.ClH/c1-15(28-3)21(33)30-19-13-31(14-24(2,26)27)11-10-18-8-9-20(32(18)23(19)35)22(34)29-12-16-4-6-17(25)7-5-16;/h4-7,15,18-20,28H,8-14H2,1-3H3,(H,29,34)(H,30,33);1H/t15-,18+,19-,20-;/m0./s1. The molecule has 1 aromatic rings. The van der Waals surface area contributed by atoms with E-state index in [-0.39, 0.29) is 43.3 Å². The van der Waals surface area contributed by atoms with Gasteiger partial charge in [-0.05, 0) is 50.9 Å². The molecule has 36 heavy (non-hydrogen) atoms. The lowest BCUT2D eigenvalue weighted by molar-refractivity contribution is -0.145. The van der Waals surface area contributed by atoms with Crippen LogP contribution in [0, 0.1) is 5.82 Å². The van der Waals surface area contributed by atoms with Gasteiger partial charge in [-0.25, -0.2) is 13.2 Å². The zero-order valence-electron chi connectivity index (χ0n) is 20.7. The number of alkyl halides is 2. The van der Waals surface area contributed by atoms with Crippen molar-refractivity contribution in [1.29, 1.82) is 0 Å². The molecule has 2 saturated heterocycles. The van der Waals surface area contributed by atoms with Crippen LogP contribution in [0.1, 0.15) is 38.7 Å². The number of likely N-dealkylation sites (N-methyl/N-ethyl adjacent to an activating group) is 1. The Labute approximate surface area is 215 Å². The number of hydrogen-bond acceptors (Lipinski definition) is 5. The maximum atomic E-state index is 13.8. The minimum atomic E-state index is -2.95. The third-order valence-electron chi connectivity index (χ3n) is 6.60. The minimum Gasteiger partial charge on any atom is -0.350 e. The quantitative estimate of drug-likeness (QED) is 0.473. The topological polar surface area (TPSA) is 93.8 Å². The first-order chi connectivity index (χ1) is 16.5. The van der Waals surface area contributed by atoms with E-state index in [0.29, 0.717) is 25.8 Å². The summed E-state index contributed by atoms with van der Waals surface area (Å²) in [6.45, 7) is 2.36. The van der Waals surface area contributed by atoms with Crippen LogP contribution in [0.25, 0.3) is 0 Å². The molecule has 0 aromatic heterocycles. The number of rotatable bonds is 8. The van der Waals surface area contributed by atoms with Crippen molar-refractivity contribution >= 4 is 30.1 Å². The second-order valence-corrected chi connectivity index (χ2v) is 9.50.